The Morgan fingerprint density at radius 2 is 2.15 bits per heavy atom. The van der Waals surface area contributed by atoms with Gasteiger partial charge in [0.1, 0.15) is 5.82 Å². The maximum Gasteiger partial charge on any atom is 0.126 e. The van der Waals surface area contributed by atoms with Gasteiger partial charge in [-0.15, -0.1) is 0 Å². The lowest BCUT2D eigenvalue weighted by Crippen LogP contribution is -2.35. The minimum atomic E-state index is -0.154. The van der Waals surface area contributed by atoms with Crippen molar-refractivity contribution in [3.8, 4) is 0 Å². The van der Waals surface area contributed by atoms with E-state index in [-0.39, 0.29) is 11.9 Å². The Hall–Kier alpha value is -0.930. The van der Waals surface area contributed by atoms with Crippen LogP contribution in [-0.4, -0.2) is 24.0 Å². The van der Waals surface area contributed by atoms with Gasteiger partial charge in [-0.1, -0.05) is 26.0 Å². The second-order valence-corrected chi connectivity index (χ2v) is 6.39. The Balaban J connectivity index is 1.91. The summed E-state index contributed by atoms with van der Waals surface area (Å²) in [6.07, 6.45) is 3.48. The first-order chi connectivity index (χ1) is 9.49. The largest absolute Gasteiger partial charge is 0.324 e. The zero-order valence-corrected chi connectivity index (χ0v) is 12.9. The Kier molecular flexibility index (Phi) is 5.17. The van der Waals surface area contributed by atoms with E-state index in [1.165, 1.54) is 19.4 Å². The highest BCUT2D eigenvalue weighted by atomic mass is 19.1. The number of benzene rings is 1. The average Bonchev–Trinajstić information content (AvgIpc) is 2.87. The first kappa shape index (κ1) is 15.5. The Morgan fingerprint density at radius 3 is 2.80 bits per heavy atom. The van der Waals surface area contributed by atoms with E-state index in [0.29, 0.717) is 17.5 Å². The van der Waals surface area contributed by atoms with Gasteiger partial charge in [0.05, 0.1) is 0 Å². The van der Waals surface area contributed by atoms with Crippen LogP contribution in [0.4, 0.5) is 4.39 Å². The smallest absolute Gasteiger partial charge is 0.126 e. The maximum absolute atomic E-state index is 13.6. The summed E-state index contributed by atoms with van der Waals surface area (Å²) in [4.78, 5) is 2.55. The lowest BCUT2D eigenvalue weighted by Gasteiger charge is -2.28. The van der Waals surface area contributed by atoms with Crippen LogP contribution in [0.3, 0.4) is 0 Å². The standard InChI is InChI=1S/C17H27FN2/c1-12(2)17-5-4-9-20(17)10-8-16(19)14-7-6-13(3)15(18)11-14/h6-7,11-12,16-17H,4-5,8-10,19H2,1-3H3. The maximum atomic E-state index is 13.6. The second kappa shape index (κ2) is 6.68. The normalized spacial score (nSPS) is 21.6. The topological polar surface area (TPSA) is 29.3 Å². The third-order valence-electron chi connectivity index (χ3n) is 4.54. The van der Waals surface area contributed by atoms with Crippen molar-refractivity contribution in [1.29, 1.82) is 0 Å². The molecule has 1 fully saturated rings. The number of aryl methyl sites for hydroxylation is 1. The highest BCUT2D eigenvalue weighted by Gasteiger charge is 2.26. The van der Waals surface area contributed by atoms with Crippen molar-refractivity contribution in [2.45, 2.75) is 52.1 Å². The lowest BCUT2D eigenvalue weighted by atomic mass is 10.00. The van der Waals surface area contributed by atoms with Crippen molar-refractivity contribution >= 4 is 0 Å². The van der Waals surface area contributed by atoms with Crippen LogP contribution in [0.15, 0.2) is 18.2 Å². The number of nitrogens with zero attached hydrogens (tertiary/aromatic N) is 1. The fourth-order valence-corrected chi connectivity index (χ4v) is 3.20. The van der Waals surface area contributed by atoms with Crippen LogP contribution in [-0.2, 0) is 0 Å². The van der Waals surface area contributed by atoms with E-state index in [4.69, 9.17) is 5.73 Å². The fraction of sp³-hybridized carbons (Fsp3) is 0.647. The number of hydrogen-bond donors (Lipinski definition) is 1. The summed E-state index contributed by atoms with van der Waals surface area (Å²) in [5, 5.41) is 0. The molecular weight excluding hydrogens is 251 g/mol. The van der Waals surface area contributed by atoms with Crippen LogP contribution in [0.5, 0.6) is 0 Å². The van der Waals surface area contributed by atoms with E-state index in [0.717, 1.165) is 18.5 Å². The number of rotatable bonds is 5. The minimum Gasteiger partial charge on any atom is -0.324 e. The zero-order valence-electron chi connectivity index (χ0n) is 12.9. The van der Waals surface area contributed by atoms with Crippen LogP contribution >= 0.6 is 0 Å². The summed E-state index contributed by atoms with van der Waals surface area (Å²) in [6.45, 7) is 8.55. The van der Waals surface area contributed by atoms with Crippen LogP contribution in [0, 0.1) is 18.7 Å². The third kappa shape index (κ3) is 3.58. The number of nitrogens with two attached hydrogens (primary N) is 1. The molecule has 3 heteroatoms. The quantitative estimate of drug-likeness (QED) is 0.891. The summed E-state index contributed by atoms with van der Waals surface area (Å²) >= 11 is 0. The molecule has 0 aliphatic carbocycles. The monoisotopic (exact) mass is 278 g/mol. The molecule has 0 aromatic heterocycles. The van der Waals surface area contributed by atoms with E-state index >= 15 is 0 Å². The molecule has 0 bridgehead atoms. The number of likely N-dealkylation sites (tertiary alicyclic amines) is 1. The summed E-state index contributed by atoms with van der Waals surface area (Å²) in [5.74, 6) is 0.546. The molecule has 1 saturated heterocycles. The van der Waals surface area contributed by atoms with Gasteiger partial charge in [0.2, 0.25) is 0 Å². The highest BCUT2D eigenvalue weighted by molar-refractivity contribution is 5.25. The molecule has 0 amide bonds. The summed E-state index contributed by atoms with van der Waals surface area (Å²) in [5.41, 5.74) is 7.81. The number of halogens is 1. The van der Waals surface area contributed by atoms with Gasteiger partial charge < -0.3 is 10.6 Å². The van der Waals surface area contributed by atoms with Crippen molar-refractivity contribution in [2.24, 2.45) is 11.7 Å². The molecule has 1 aliphatic rings. The molecule has 20 heavy (non-hydrogen) atoms. The predicted molar refractivity (Wildman–Crippen MR) is 82.1 cm³/mol. The van der Waals surface area contributed by atoms with Crippen molar-refractivity contribution in [2.75, 3.05) is 13.1 Å². The van der Waals surface area contributed by atoms with Crippen LogP contribution in [0.2, 0.25) is 0 Å². The fourth-order valence-electron chi connectivity index (χ4n) is 3.20. The van der Waals surface area contributed by atoms with Crippen molar-refractivity contribution in [3.63, 3.8) is 0 Å². The summed E-state index contributed by atoms with van der Waals surface area (Å²) in [7, 11) is 0. The molecule has 0 saturated carbocycles. The molecule has 2 rings (SSSR count). The average molecular weight is 278 g/mol. The van der Waals surface area contributed by atoms with Gasteiger partial charge in [0.25, 0.3) is 0 Å². The molecule has 0 radical (unpaired) electrons. The van der Waals surface area contributed by atoms with Gasteiger partial charge in [-0.25, -0.2) is 4.39 Å². The van der Waals surface area contributed by atoms with Gasteiger partial charge in [0.15, 0.2) is 0 Å². The Morgan fingerprint density at radius 1 is 1.40 bits per heavy atom. The molecule has 1 aromatic carbocycles. The van der Waals surface area contributed by atoms with Crippen LogP contribution < -0.4 is 5.73 Å². The van der Waals surface area contributed by atoms with Gasteiger partial charge in [-0.05, 0) is 55.8 Å². The second-order valence-electron chi connectivity index (χ2n) is 6.39. The van der Waals surface area contributed by atoms with E-state index in [9.17, 15) is 4.39 Å². The first-order valence-electron chi connectivity index (χ1n) is 7.74. The zero-order chi connectivity index (χ0) is 14.7. The molecule has 1 aliphatic heterocycles. The first-order valence-corrected chi connectivity index (χ1v) is 7.74. The molecule has 2 atom stereocenters. The van der Waals surface area contributed by atoms with Crippen molar-refractivity contribution in [3.05, 3.63) is 35.1 Å². The molecule has 2 unspecified atom stereocenters. The van der Waals surface area contributed by atoms with Crippen molar-refractivity contribution < 1.29 is 4.39 Å². The molecule has 112 valence electrons. The molecule has 1 heterocycles. The SMILES string of the molecule is Cc1ccc(C(N)CCN2CCCC2C(C)C)cc1F. The molecule has 2 nitrogen and oxygen atoms in total. The van der Waals surface area contributed by atoms with Gasteiger partial charge in [-0.2, -0.15) is 0 Å². The van der Waals surface area contributed by atoms with Crippen LogP contribution in [0.25, 0.3) is 0 Å². The lowest BCUT2D eigenvalue weighted by molar-refractivity contribution is 0.200. The summed E-state index contributed by atoms with van der Waals surface area (Å²) in [6, 6.07) is 5.98. The van der Waals surface area contributed by atoms with E-state index < -0.39 is 0 Å². The Labute approximate surface area is 122 Å². The van der Waals surface area contributed by atoms with E-state index in [1.54, 1.807) is 13.0 Å². The number of hydrogen-bond acceptors (Lipinski definition) is 2. The minimum absolute atomic E-state index is 0.0708. The molecule has 1 aromatic rings. The summed E-state index contributed by atoms with van der Waals surface area (Å²) < 4.78 is 13.6. The third-order valence-corrected chi connectivity index (χ3v) is 4.54. The molecule has 0 spiro atoms. The van der Waals surface area contributed by atoms with Crippen molar-refractivity contribution in [1.82, 2.24) is 4.90 Å². The van der Waals surface area contributed by atoms with Gasteiger partial charge >= 0.3 is 0 Å². The van der Waals surface area contributed by atoms with Gasteiger partial charge in [-0.3, -0.25) is 0 Å². The predicted octanol–water partition coefficient (Wildman–Crippen LogP) is 3.64. The van der Waals surface area contributed by atoms with Gasteiger partial charge in [0, 0.05) is 18.6 Å². The highest BCUT2D eigenvalue weighted by Crippen LogP contribution is 2.25. The molecule has 2 N–H and O–H groups in total. The van der Waals surface area contributed by atoms with E-state index in [2.05, 4.69) is 18.7 Å². The van der Waals surface area contributed by atoms with Crippen LogP contribution in [0.1, 0.15) is 50.3 Å². The molecular formula is C17H27FN2. The van der Waals surface area contributed by atoms with E-state index in [1.807, 2.05) is 12.1 Å². The Bertz CT molecular complexity index is 445.